The summed E-state index contributed by atoms with van der Waals surface area (Å²) >= 11 is 0. The second kappa shape index (κ2) is 6.50. The van der Waals surface area contributed by atoms with Crippen LogP contribution in [0.15, 0.2) is 6.07 Å². The van der Waals surface area contributed by atoms with E-state index < -0.39 is 0 Å². The van der Waals surface area contributed by atoms with Crippen molar-refractivity contribution < 1.29 is 0 Å². The van der Waals surface area contributed by atoms with E-state index in [1.165, 1.54) is 0 Å². The molecule has 0 spiro atoms. The molecule has 1 aromatic heterocycles. The van der Waals surface area contributed by atoms with E-state index in [-0.39, 0.29) is 6.04 Å². The Morgan fingerprint density at radius 1 is 1.30 bits per heavy atom. The van der Waals surface area contributed by atoms with Crippen LogP contribution in [0.4, 0.5) is 5.82 Å². The molecule has 0 radical (unpaired) electrons. The molecular weight excluding hydrogens is 250 g/mol. The van der Waals surface area contributed by atoms with Gasteiger partial charge in [0, 0.05) is 37.9 Å². The average Bonchev–Trinajstić information content (AvgIpc) is 2.41. The summed E-state index contributed by atoms with van der Waals surface area (Å²) in [6, 6.07) is 2.36. The van der Waals surface area contributed by atoms with Crippen molar-refractivity contribution in [2.75, 3.05) is 45.6 Å². The molecule has 5 heteroatoms. The van der Waals surface area contributed by atoms with Gasteiger partial charge in [-0.15, -0.1) is 0 Å². The molecule has 20 heavy (non-hydrogen) atoms. The normalized spacial score (nSPS) is 21.4. The van der Waals surface area contributed by atoms with Gasteiger partial charge < -0.3 is 10.2 Å². The number of rotatable bonds is 4. The first-order valence-electron chi connectivity index (χ1n) is 7.52. The van der Waals surface area contributed by atoms with E-state index in [4.69, 9.17) is 9.97 Å². The first-order chi connectivity index (χ1) is 9.51. The fourth-order valence-corrected chi connectivity index (χ4v) is 2.49. The molecule has 0 aliphatic carbocycles. The third kappa shape index (κ3) is 3.46. The summed E-state index contributed by atoms with van der Waals surface area (Å²) in [6.45, 7) is 10.5. The van der Waals surface area contributed by atoms with Gasteiger partial charge in [-0.1, -0.05) is 13.8 Å². The Morgan fingerprint density at radius 2 is 2.05 bits per heavy atom. The summed E-state index contributed by atoms with van der Waals surface area (Å²) in [5.74, 6) is 2.31. The van der Waals surface area contributed by atoms with Gasteiger partial charge in [-0.25, -0.2) is 9.97 Å². The van der Waals surface area contributed by atoms with Gasteiger partial charge in [0.05, 0.1) is 6.04 Å². The molecule has 112 valence electrons. The number of nitrogens with one attached hydrogen (secondary N) is 1. The minimum atomic E-state index is 0.282. The molecule has 1 atom stereocenters. The number of likely N-dealkylation sites (N-methyl/N-ethyl adjacent to an activating group) is 2. The highest BCUT2D eigenvalue weighted by molar-refractivity contribution is 5.37. The van der Waals surface area contributed by atoms with E-state index in [2.05, 4.69) is 56.0 Å². The van der Waals surface area contributed by atoms with E-state index in [9.17, 15) is 0 Å². The maximum atomic E-state index is 4.80. The molecule has 1 N–H and O–H groups in total. The summed E-state index contributed by atoms with van der Waals surface area (Å²) < 4.78 is 0. The molecule has 1 aromatic rings. The van der Waals surface area contributed by atoms with Crippen molar-refractivity contribution in [1.29, 1.82) is 0 Å². The zero-order valence-corrected chi connectivity index (χ0v) is 13.3. The Morgan fingerprint density at radius 3 is 2.70 bits per heavy atom. The van der Waals surface area contributed by atoms with Crippen molar-refractivity contribution in [3.63, 3.8) is 0 Å². The second-order valence-corrected chi connectivity index (χ2v) is 5.98. The Bertz CT molecular complexity index is 446. The van der Waals surface area contributed by atoms with Crippen molar-refractivity contribution in [1.82, 2.24) is 19.8 Å². The van der Waals surface area contributed by atoms with Gasteiger partial charge in [0.2, 0.25) is 0 Å². The molecule has 1 saturated heterocycles. The highest BCUT2D eigenvalue weighted by atomic mass is 15.3. The van der Waals surface area contributed by atoms with E-state index in [1.54, 1.807) is 0 Å². The number of nitrogens with zero attached hydrogens (tertiary/aromatic N) is 4. The molecule has 1 fully saturated rings. The number of aromatic nitrogens is 2. The van der Waals surface area contributed by atoms with E-state index in [1.807, 2.05) is 0 Å². The summed E-state index contributed by atoms with van der Waals surface area (Å²) in [4.78, 5) is 14.2. The Hall–Kier alpha value is -1.20. The Balaban J connectivity index is 2.33. The van der Waals surface area contributed by atoms with Crippen LogP contribution < -0.4 is 5.32 Å². The molecular formula is C15H27N5. The number of hydrogen-bond donors (Lipinski definition) is 1. The highest BCUT2D eigenvalue weighted by Crippen LogP contribution is 2.24. The van der Waals surface area contributed by atoms with E-state index in [0.717, 1.165) is 43.5 Å². The number of anilines is 1. The van der Waals surface area contributed by atoms with Gasteiger partial charge >= 0.3 is 0 Å². The predicted octanol–water partition coefficient (Wildman–Crippen LogP) is 1.95. The molecule has 2 rings (SSSR count). The summed E-state index contributed by atoms with van der Waals surface area (Å²) in [6.07, 6.45) is 0. The second-order valence-electron chi connectivity index (χ2n) is 5.98. The highest BCUT2D eigenvalue weighted by Gasteiger charge is 2.26. The van der Waals surface area contributed by atoms with Crippen LogP contribution in [0.2, 0.25) is 0 Å². The maximum absolute atomic E-state index is 4.80. The van der Waals surface area contributed by atoms with Crippen molar-refractivity contribution in [2.45, 2.75) is 32.7 Å². The molecule has 0 bridgehead atoms. The van der Waals surface area contributed by atoms with Crippen molar-refractivity contribution in [3.05, 3.63) is 17.6 Å². The number of hydrogen-bond acceptors (Lipinski definition) is 5. The van der Waals surface area contributed by atoms with Crippen LogP contribution in [0.5, 0.6) is 0 Å². The van der Waals surface area contributed by atoms with Crippen molar-refractivity contribution in [2.24, 2.45) is 0 Å². The first-order valence-corrected chi connectivity index (χ1v) is 7.52. The van der Waals surface area contributed by atoms with Gasteiger partial charge in [0.15, 0.2) is 0 Å². The number of piperazine rings is 1. The standard InChI is InChI=1S/C15H27N5/c1-6-16-14-9-12(11(2)3)17-15(18-14)13-10-19(4)7-8-20(13)5/h9,11,13H,6-8,10H2,1-5H3,(H,16,17,18). The third-order valence-corrected chi connectivity index (χ3v) is 3.86. The lowest BCUT2D eigenvalue weighted by Crippen LogP contribution is -2.45. The van der Waals surface area contributed by atoms with Gasteiger partial charge in [-0.2, -0.15) is 0 Å². The van der Waals surface area contributed by atoms with Crippen LogP contribution in [0.25, 0.3) is 0 Å². The van der Waals surface area contributed by atoms with Crippen LogP contribution in [0, 0.1) is 0 Å². The fraction of sp³-hybridized carbons (Fsp3) is 0.733. The quantitative estimate of drug-likeness (QED) is 0.911. The lowest BCUT2D eigenvalue weighted by molar-refractivity contribution is 0.109. The van der Waals surface area contributed by atoms with Crippen LogP contribution in [-0.4, -0.2) is 60.0 Å². The van der Waals surface area contributed by atoms with Gasteiger partial charge in [-0.05, 0) is 26.9 Å². The SMILES string of the molecule is CCNc1cc(C(C)C)nc(C2CN(C)CCN2C)n1. The van der Waals surface area contributed by atoms with Crippen molar-refractivity contribution in [3.8, 4) is 0 Å². The predicted molar refractivity (Wildman–Crippen MR) is 83.2 cm³/mol. The molecule has 2 heterocycles. The smallest absolute Gasteiger partial charge is 0.149 e. The zero-order chi connectivity index (χ0) is 14.7. The molecule has 0 amide bonds. The monoisotopic (exact) mass is 277 g/mol. The molecule has 1 aliphatic heterocycles. The zero-order valence-electron chi connectivity index (χ0n) is 13.3. The molecule has 1 unspecified atom stereocenters. The lowest BCUT2D eigenvalue weighted by atomic mass is 10.1. The fourth-order valence-electron chi connectivity index (χ4n) is 2.49. The first kappa shape index (κ1) is 15.2. The largest absolute Gasteiger partial charge is 0.370 e. The average molecular weight is 277 g/mol. The molecule has 5 nitrogen and oxygen atoms in total. The van der Waals surface area contributed by atoms with Gasteiger partial charge in [0.25, 0.3) is 0 Å². The summed E-state index contributed by atoms with van der Waals surface area (Å²) in [5.41, 5.74) is 1.12. The van der Waals surface area contributed by atoms with Crippen LogP contribution >= 0.6 is 0 Å². The minimum Gasteiger partial charge on any atom is -0.370 e. The maximum Gasteiger partial charge on any atom is 0.149 e. The van der Waals surface area contributed by atoms with Gasteiger partial charge in [0.1, 0.15) is 11.6 Å². The Labute approximate surface area is 122 Å². The Kier molecular flexibility index (Phi) is 4.94. The van der Waals surface area contributed by atoms with Crippen LogP contribution in [0.3, 0.4) is 0 Å². The van der Waals surface area contributed by atoms with E-state index >= 15 is 0 Å². The van der Waals surface area contributed by atoms with Crippen molar-refractivity contribution >= 4 is 5.82 Å². The van der Waals surface area contributed by atoms with E-state index in [0.29, 0.717) is 5.92 Å². The third-order valence-electron chi connectivity index (χ3n) is 3.86. The topological polar surface area (TPSA) is 44.3 Å². The van der Waals surface area contributed by atoms with Gasteiger partial charge in [-0.3, -0.25) is 4.90 Å². The minimum absolute atomic E-state index is 0.282. The molecule has 0 saturated carbocycles. The summed E-state index contributed by atoms with van der Waals surface area (Å²) in [5, 5.41) is 3.33. The lowest BCUT2D eigenvalue weighted by Gasteiger charge is -2.36. The molecule has 1 aliphatic rings. The van der Waals surface area contributed by atoms with Crippen LogP contribution in [0.1, 0.15) is 44.2 Å². The van der Waals surface area contributed by atoms with Crippen LogP contribution in [-0.2, 0) is 0 Å². The summed E-state index contributed by atoms with van der Waals surface area (Å²) in [7, 11) is 4.33. The molecule has 0 aromatic carbocycles.